The van der Waals surface area contributed by atoms with Crippen LogP contribution in [0.4, 0.5) is 8.78 Å². The number of rotatable bonds is 5. The average Bonchev–Trinajstić information content (AvgIpc) is 3.15. The summed E-state index contributed by atoms with van der Waals surface area (Å²) in [6.07, 6.45) is -2.05. The van der Waals surface area contributed by atoms with E-state index in [1.165, 1.54) is 13.1 Å². The van der Waals surface area contributed by atoms with E-state index < -0.39 is 6.43 Å². The predicted octanol–water partition coefficient (Wildman–Crippen LogP) is 2.61. The Bertz CT molecular complexity index is 796. The predicted molar refractivity (Wildman–Crippen MR) is 77.7 cm³/mol. The van der Waals surface area contributed by atoms with E-state index in [2.05, 4.69) is 15.2 Å². The highest BCUT2D eigenvalue weighted by molar-refractivity contribution is 5.58. The minimum atomic E-state index is -2.62. The molecule has 0 radical (unpaired) electrons. The Labute approximate surface area is 130 Å². The Kier molecular flexibility index (Phi) is 4.16. The summed E-state index contributed by atoms with van der Waals surface area (Å²) in [4.78, 5) is 4.19. The molecule has 0 fully saturated rings. The first kappa shape index (κ1) is 15.3. The second-order valence-corrected chi connectivity index (χ2v) is 4.97. The van der Waals surface area contributed by atoms with E-state index in [1.807, 2.05) is 24.3 Å². The van der Waals surface area contributed by atoms with Gasteiger partial charge in [0.2, 0.25) is 5.82 Å². The van der Waals surface area contributed by atoms with Crippen LogP contribution in [0.25, 0.3) is 23.0 Å². The van der Waals surface area contributed by atoms with E-state index in [0.717, 1.165) is 15.8 Å². The van der Waals surface area contributed by atoms with Crippen molar-refractivity contribution in [1.82, 2.24) is 19.9 Å². The van der Waals surface area contributed by atoms with Gasteiger partial charge in [0.1, 0.15) is 5.69 Å². The molecule has 0 amide bonds. The molecule has 8 heteroatoms. The van der Waals surface area contributed by atoms with E-state index >= 15 is 0 Å². The first-order valence-electron chi connectivity index (χ1n) is 6.95. The first-order valence-corrected chi connectivity index (χ1v) is 6.95. The van der Waals surface area contributed by atoms with Crippen molar-refractivity contribution >= 4 is 0 Å². The van der Waals surface area contributed by atoms with E-state index in [0.29, 0.717) is 12.2 Å². The summed E-state index contributed by atoms with van der Waals surface area (Å²) in [5, 5.41) is 16.7. The van der Waals surface area contributed by atoms with Crippen molar-refractivity contribution in [2.24, 2.45) is 7.05 Å². The van der Waals surface area contributed by atoms with E-state index in [-0.39, 0.29) is 23.9 Å². The highest BCUT2D eigenvalue weighted by Gasteiger charge is 2.19. The molecule has 0 aliphatic heterocycles. The lowest BCUT2D eigenvalue weighted by Gasteiger charge is -1.98. The van der Waals surface area contributed by atoms with Crippen molar-refractivity contribution in [2.75, 3.05) is 6.61 Å². The number of aryl methyl sites for hydroxylation is 1. The number of hydrogen-bond acceptors (Lipinski definition) is 5. The van der Waals surface area contributed by atoms with Crippen LogP contribution in [0.1, 0.15) is 17.7 Å². The summed E-state index contributed by atoms with van der Waals surface area (Å²) in [7, 11) is 1.43. The van der Waals surface area contributed by atoms with Crippen LogP contribution < -0.4 is 0 Å². The molecule has 0 spiro atoms. The van der Waals surface area contributed by atoms with Gasteiger partial charge in [-0.3, -0.25) is 4.68 Å². The lowest BCUT2D eigenvalue weighted by molar-refractivity contribution is 0.141. The monoisotopic (exact) mass is 320 g/mol. The molecule has 0 bridgehead atoms. The highest BCUT2D eigenvalue weighted by atomic mass is 19.3. The van der Waals surface area contributed by atoms with Gasteiger partial charge >= 0.3 is 0 Å². The third-order valence-electron chi connectivity index (χ3n) is 3.40. The Morgan fingerprint density at radius 2 is 2.00 bits per heavy atom. The van der Waals surface area contributed by atoms with Gasteiger partial charge in [-0.1, -0.05) is 29.4 Å². The molecule has 23 heavy (non-hydrogen) atoms. The zero-order chi connectivity index (χ0) is 16.4. The minimum Gasteiger partial charge on any atom is -0.396 e. The molecule has 0 saturated carbocycles. The molecule has 2 heterocycles. The summed E-state index contributed by atoms with van der Waals surface area (Å²) < 4.78 is 31.8. The van der Waals surface area contributed by atoms with Crippen LogP contribution in [0.2, 0.25) is 0 Å². The first-order chi connectivity index (χ1) is 11.1. The molecule has 3 aromatic rings. The smallest absolute Gasteiger partial charge is 0.280 e. The minimum absolute atomic E-state index is 0.0812. The maximum atomic E-state index is 12.8. The number of hydrogen-bond donors (Lipinski definition) is 1. The summed E-state index contributed by atoms with van der Waals surface area (Å²) >= 11 is 0. The Balaban J connectivity index is 1.86. The van der Waals surface area contributed by atoms with Crippen molar-refractivity contribution in [1.29, 1.82) is 0 Å². The number of aliphatic hydroxyl groups excluding tert-OH is 1. The number of aromatic nitrogens is 4. The molecule has 6 nitrogen and oxygen atoms in total. The molecule has 1 aromatic carbocycles. The van der Waals surface area contributed by atoms with Crippen LogP contribution in [0, 0.1) is 0 Å². The maximum Gasteiger partial charge on any atom is 0.280 e. The third kappa shape index (κ3) is 3.11. The molecule has 1 N–H and O–H groups in total. The van der Waals surface area contributed by atoms with Gasteiger partial charge in [-0.15, -0.1) is 0 Å². The lowest BCUT2D eigenvalue weighted by Crippen LogP contribution is -1.97. The van der Waals surface area contributed by atoms with Crippen LogP contribution in [-0.2, 0) is 13.5 Å². The quantitative estimate of drug-likeness (QED) is 0.782. The van der Waals surface area contributed by atoms with Crippen molar-refractivity contribution in [2.45, 2.75) is 12.8 Å². The standard InChI is InChI=1S/C15H14F2N4O2/c1-21-12(13(16)17)8-11(19-21)15-18-14(20-23-15)10-4-2-9(3-5-10)6-7-22/h2-5,8,13,22H,6-7H2,1H3. The molecule has 0 saturated heterocycles. The van der Waals surface area contributed by atoms with Crippen molar-refractivity contribution in [3.8, 4) is 23.0 Å². The van der Waals surface area contributed by atoms with Gasteiger partial charge < -0.3 is 9.63 Å². The Morgan fingerprint density at radius 1 is 1.26 bits per heavy atom. The number of nitrogens with zero attached hydrogens (tertiary/aromatic N) is 4. The zero-order valence-electron chi connectivity index (χ0n) is 12.3. The van der Waals surface area contributed by atoms with Crippen LogP contribution in [0.3, 0.4) is 0 Å². The van der Waals surface area contributed by atoms with Crippen LogP contribution >= 0.6 is 0 Å². The third-order valence-corrected chi connectivity index (χ3v) is 3.40. The fourth-order valence-corrected chi connectivity index (χ4v) is 2.18. The largest absolute Gasteiger partial charge is 0.396 e. The highest BCUT2D eigenvalue weighted by Crippen LogP contribution is 2.25. The van der Waals surface area contributed by atoms with E-state index in [9.17, 15) is 8.78 Å². The average molecular weight is 320 g/mol. The normalized spacial score (nSPS) is 11.3. The summed E-state index contributed by atoms with van der Waals surface area (Å²) in [6, 6.07) is 8.56. The van der Waals surface area contributed by atoms with Gasteiger partial charge in [0, 0.05) is 19.2 Å². The fourth-order valence-electron chi connectivity index (χ4n) is 2.18. The molecule has 120 valence electrons. The van der Waals surface area contributed by atoms with Crippen LogP contribution in [0.5, 0.6) is 0 Å². The molecule has 0 aliphatic carbocycles. The van der Waals surface area contributed by atoms with Gasteiger partial charge in [0.05, 0.1) is 0 Å². The summed E-state index contributed by atoms with van der Waals surface area (Å²) in [6.45, 7) is 0.0812. The molecule has 0 atom stereocenters. The number of alkyl halides is 2. The second kappa shape index (κ2) is 6.25. The van der Waals surface area contributed by atoms with Crippen molar-refractivity contribution in [3.05, 3.63) is 41.6 Å². The molecule has 3 rings (SSSR count). The van der Waals surface area contributed by atoms with E-state index in [4.69, 9.17) is 9.63 Å². The fraction of sp³-hybridized carbons (Fsp3) is 0.267. The molecule has 0 unspecified atom stereocenters. The topological polar surface area (TPSA) is 77.0 Å². The zero-order valence-corrected chi connectivity index (χ0v) is 12.3. The summed E-state index contributed by atoms with van der Waals surface area (Å²) in [5.41, 5.74) is 1.71. The van der Waals surface area contributed by atoms with Gasteiger partial charge in [0.15, 0.2) is 5.69 Å². The molecular weight excluding hydrogens is 306 g/mol. The lowest BCUT2D eigenvalue weighted by atomic mass is 10.1. The van der Waals surface area contributed by atoms with Crippen LogP contribution in [0.15, 0.2) is 34.9 Å². The Hall–Kier alpha value is -2.61. The number of benzene rings is 1. The molecule has 2 aromatic heterocycles. The van der Waals surface area contributed by atoms with E-state index in [1.54, 1.807) is 0 Å². The summed E-state index contributed by atoms with van der Waals surface area (Å²) in [5.74, 6) is 0.432. The van der Waals surface area contributed by atoms with Gasteiger partial charge in [-0.05, 0) is 18.1 Å². The van der Waals surface area contributed by atoms with Gasteiger partial charge in [-0.25, -0.2) is 8.78 Å². The van der Waals surface area contributed by atoms with Crippen LogP contribution in [-0.4, -0.2) is 31.6 Å². The molecular formula is C15H14F2N4O2. The number of aliphatic hydroxyl groups is 1. The molecule has 0 aliphatic rings. The maximum absolute atomic E-state index is 12.8. The number of halogens is 2. The SMILES string of the molecule is Cn1nc(-c2nc(-c3ccc(CCO)cc3)no2)cc1C(F)F. The van der Waals surface area contributed by atoms with Crippen molar-refractivity contribution in [3.63, 3.8) is 0 Å². The van der Waals surface area contributed by atoms with Gasteiger partial charge in [-0.2, -0.15) is 10.1 Å². The Morgan fingerprint density at radius 3 is 2.61 bits per heavy atom. The van der Waals surface area contributed by atoms with Crippen molar-refractivity contribution < 1.29 is 18.4 Å². The van der Waals surface area contributed by atoms with Gasteiger partial charge in [0.25, 0.3) is 12.3 Å². The second-order valence-electron chi connectivity index (χ2n) is 4.97.